The van der Waals surface area contributed by atoms with Crippen molar-refractivity contribution in [3.8, 4) is 17.0 Å². The van der Waals surface area contributed by atoms with Crippen molar-refractivity contribution in [1.29, 1.82) is 0 Å². The lowest BCUT2D eigenvalue weighted by Gasteiger charge is -2.16. The molecular formula is C17H19N5O7S. The smallest absolute Gasteiger partial charge is 0.333 e. The van der Waals surface area contributed by atoms with E-state index >= 15 is 0 Å². The number of hydrogen-bond donors (Lipinski definition) is 3. The molecule has 0 amide bonds. The zero-order valence-electron chi connectivity index (χ0n) is 15.7. The van der Waals surface area contributed by atoms with E-state index < -0.39 is 41.5 Å². The molecular weight excluding hydrogens is 418 g/mol. The molecule has 1 aliphatic heterocycles. The van der Waals surface area contributed by atoms with E-state index in [4.69, 9.17) is 14.6 Å². The van der Waals surface area contributed by atoms with Crippen LogP contribution in [0.3, 0.4) is 0 Å². The van der Waals surface area contributed by atoms with Crippen molar-refractivity contribution in [1.82, 2.24) is 19.5 Å². The first-order valence-corrected chi connectivity index (χ1v) is 10.3. The molecule has 160 valence electrons. The molecule has 0 spiro atoms. The SMILES string of the molecule is COc1ccc(-c2ncnc3c2ncn3[C@@H]2O[C@H](COS(N)(=O)=O)[C@@H](O)[C@H]2O)cc1. The van der Waals surface area contributed by atoms with Crippen LogP contribution >= 0.6 is 0 Å². The van der Waals surface area contributed by atoms with Crippen LogP contribution < -0.4 is 9.88 Å². The molecule has 0 saturated carbocycles. The zero-order chi connectivity index (χ0) is 21.5. The second kappa shape index (κ2) is 7.86. The highest BCUT2D eigenvalue weighted by Crippen LogP contribution is 2.33. The van der Waals surface area contributed by atoms with E-state index in [0.717, 1.165) is 5.56 Å². The standard InChI is InChI=1S/C17H19N5O7S/c1-27-10-4-2-9(3-5-10)12-13-16(20-7-19-12)22(8-21-13)17-15(24)14(23)11(29-17)6-28-30(18,25)26/h2-5,7-8,11,14-15,17,23-24H,6H2,1H3,(H2,18,25,26)/t11-,14-,15-,17-/m1/s1. The third-order valence-electron chi connectivity index (χ3n) is 4.73. The van der Waals surface area contributed by atoms with E-state index in [-0.39, 0.29) is 0 Å². The van der Waals surface area contributed by atoms with Crippen LogP contribution in [0.25, 0.3) is 22.4 Å². The van der Waals surface area contributed by atoms with Gasteiger partial charge < -0.3 is 19.7 Å². The summed E-state index contributed by atoms with van der Waals surface area (Å²) in [6.45, 7) is -0.549. The number of hydrogen-bond acceptors (Lipinski definition) is 10. The zero-order valence-corrected chi connectivity index (χ0v) is 16.5. The van der Waals surface area contributed by atoms with Gasteiger partial charge in [0.2, 0.25) is 0 Å². The van der Waals surface area contributed by atoms with Crippen molar-refractivity contribution in [2.45, 2.75) is 24.5 Å². The highest BCUT2D eigenvalue weighted by Gasteiger charge is 2.45. The lowest BCUT2D eigenvalue weighted by atomic mass is 10.1. The number of aliphatic hydroxyl groups is 2. The topological polar surface area (TPSA) is 172 Å². The molecule has 1 saturated heterocycles. The molecule has 1 aromatic carbocycles. The van der Waals surface area contributed by atoms with E-state index in [2.05, 4.69) is 19.1 Å². The normalized spacial score (nSPS) is 24.4. The van der Waals surface area contributed by atoms with Gasteiger partial charge in [0.1, 0.15) is 41.6 Å². The first kappa shape index (κ1) is 20.6. The number of nitrogens with two attached hydrogens (primary N) is 1. The van der Waals surface area contributed by atoms with E-state index in [1.54, 1.807) is 19.2 Å². The van der Waals surface area contributed by atoms with Crippen LogP contribution in [0.1, 0.15) is 6.23 Å². The number of rotatable bonds is 6. The van der Waals surface area contributed by atoms with Crippen LogP contribution in [-0.4, -0.2) is 70.2 Å². The van der Waals surface area contributed by atoms with Gasteiger partial charge in [0.25, 0.3) is 0 Å². The molecule has 2 aromatic heterocycles. The summed E-state index contributed by atoms with van der Waals surface area (Å²) in [6, 6.07) is 7.23. The Morgan fingerprint density at radius 1 is 1.17 bits per heavy atom. The number of aromatic nitrogens is 4. The number of benzene rings is 1. The highest BCUT2D eigenvalue weighted by molar-refractivity contribution is 7.84. The molecule has 4 rings (SSSR count). The number of methoxy groups -OCH3 is 1. The minimum Gasteiger partial charge on any atom is -0.497 e. The molecule has 1 fully saturated rings. The quantitative estimate of drug-likeness (QED) is 0.449. The fourth-order valence-corrected chi connectivity index (χ4v) is 3.58. The number of aliphatic hydroxyl groups excluding tert-OH is 2. The first-order valence-electron chi connectivity index (χ1n) is 8.79. The predicted molar refractivity (Wildman–Crippen MR) is 102 cm³/mol. The Labute approximate surface area is 171 Å². The molecule has 0 radical (unpaired) electrons. The van der Waals surface area contributed by atoms with Crippen LogP contribution in [0, 0.1) is 0 Å². The fourth-order valence-electron chi connectivity index (χ4n) is 3.26. The Morgan fingerprint density at radius 3 is 2.57 bits per heavy atom. The van der Waals surface area contributed by atoms with Gasteiger partial charge in [0.15, 0.2) is 11.9 Å². The molecule has 0 bridgehead atoms. The van der Waals surface area contributed by atoms with E-state index in [9.17, 15) is 18.6 Å². The van der Waals surface area contributed by atoms with Gasteiger partial charge in [0, 0.05) is 5.56 Å². The van der Waals surface area contributed by atoms with E-state index in [1.165, 1.54) is 17.2 Å². The highest BCUT2D eigenvalue weighted by atomic mass is 32.2. The largest absolute Gasteiger partial charge is 0.497 e. The summed E-state index contributed by atoms with van der Waals surface area (Å²) < 4.78 is 38.7. The first-order chi connectivity index (χ1) is 14.3. The summed E-state index contributed by atoms with van der Waals surface area (Å²) in [5, 5.41) is 25.4. The maximum atomic E-state index is 11.0. The number of fused-ring (bicyclic) bond motifs is 1. The van der Waals surface area contributed by atoms with Crippen LogP contribution in [0.2, 0.25) is 0 Å². The summed E-state index contributed by atoms with van der Waals surface area (Å²) in [7, 11) is -2.65. The Hall–Kier alpha value is -2.68. The third-order valence-corrected chi connectivity index (χ3v) is 5.19. The average Bonchev–Trinajstić information content (AvgIpc) is 3.27. The average molecular weight is 437 g/mol. The summed E-state index contributed by atoms with van der Waals surface area (Å²) in [5.41, 5.74) is 2.15. The molecule has 30 heavy (non-hydrogen) atoms. The van der Waals surface area contributed by atoms with Crippen LogP contribution in [0.4, 0.5) is 0 Å². The van der Waals surface area contributed by atoms with Crippen molar-refractivity contribution >= 4 is 21.5 Å². The van der Waals surface area contributed by atoms with Crippen molar-refractivity contribution in [3.05, 3.63) is 36.9 Å². The van der Waals surface area contributed by atoms with Gasteiger partial charge in [-0.15, -0.1) is 0 Å². The van der Waals surface area contributed by atoms with Crippen LogP contribution in [-0.2, 0) is 19.2 Å². The molecule has 3 aromatic rings. The van der Waals surface area contributed by atoms with E-state index in [0.29, 0.717) is 22.6 Å². The summed E-state index contributed by atoms with van der Waals surface area (Å²) in [5.74, 6) is 0.693. The number of imidazole rings is 1. The van der Waals surface area contributed by atoms with Crippen LogP contribution in [0.15, 0.2) is 36.9 Å². The van der Waals surface area contributed by atoms with Gasteiger partial charge in [-0.1, -0.05) is 0 Å². The molecule has 3 heterocycles. The van der Waals surface area contributed by atoms with Crippen molar-refractivity contribution in [2.24, 2.45) is 5.14 Å². The van der Waals surface area contributed by atoms with Crippen molar-refractivity contribution in [3.63, 3.8) is 0 Å². The molecule has 12 nitrogen and oxygen atoms in total. The molecule has 0 unspecified atom stereocenters. The predicted octanol–water partition coefficient (Wildman–Crippen LogP) is -0.659. The Morgan fingerprint density at radius 2 is 1.90 bits per heavy atom. The van der Waals surface area contributed by atoms with E-state index in [1.807, 2.05) is 12.1 Å². The lowest BCUT2D eigenvalue weighted by Crippen LogP contribution is -2.35. The Balaban J connectivity index is 1.65. The van der Waals surface area contributed by atoms with Crippen molar-refractivity contribution < 1.29 is 32.3 Å². The third kappa shape index (κ3) is 3.86. The van der Waals surface area contributed by atoms with Gasteiger partial charge in [0.05, 0.1) is 20.0 Å². The number of ether oxygens (including phenoxy) is 2. The summed E-state index contributed by atoms with van der Waals surface area (Å²) in [6.07, 6.45) is -2.23. The van der Waals surface area contributed by atoms with Crippen LogP contribution in [0.5, 0.6) is 5.75 Å². The molecule has 0 aliphatic carbocycles. The molecule has 4 N–H and O–H groups in total. The maximum Gasteiger partial charge on any atom is 0.333 e. The second-order valence-electron chi connectivity index (χ2n) is 6.60. The fraction of sp³-hybridized carbons (Fsp3) is 0.353. The monoisotopic (exact) mass is 437 g/mol. The van der Waals surface area contributed by atoms with Gasteiger partial charge in [-0.2, -0.15) is 8.42 Å². The second-order valence-corrected chi connectivity index (χ2v) is 7.82. The maximum absolute atomic E-state index is 11.0. The van der Waals surface area contributed by atoms with Gasteiger partial charge >= 0.3 is 10.3 Å². The molecule has 4 atom stereocenters. The van der Waals surface area contributed by atoms with Gasteiger partial charge in [-0.25, -0.2) is 20.1 Å². The molecule has 13 heteroatoms. The van der Waals surface area contributed by atoms with Gasteiger partial charge in [-0.3, -0.25) is 8.75 Å². The minimum absolute atomic E-state index is 0.361. The molecule has 1 aliphatic rings. The van der Waals surface area contributed by atoms with Crippen molar-refractivity contribution in [2.75, 3.05) is 13.7 Å². The Kier molecular flexibility index (Phi) is 5.40. The lowest BCUT2D eigenvalue weighted by molar-refractivity contribution is -0.0467. The van der Waals surface area contributed by atoms with Gasteiger partial charge in [-0.05, 0) is 24.3 Å². The summed E-state index contributed by atoms with van der Waals surface area (Å²) >= 11 is 0. The summed E-state index contributed by atoms with van der Waals surface area (Å²) in [4.78, 5) is 12.9. The number of nitrogens with zero attached hydrogens (tertiary/aromatic N) is 4. The minimum atomic E-state index is -4.22. The Bertz CT molecular complexity index is 1150.